The summed E-state index contributed by atoms with van der Waals surface area (Å²) < 4.78 is 0. The first-order chi connectivity index (χ1) is 3.86. The lowest BCUT2D eigenvalue weighted by Gasteiger charge is -2.15. The summed E-state index contributed by atoms with van der Waals surface area (Å²) in [6.07, 6.45) is 6.21. The van der Waals surface area contributed by atoms with Crippen LogP contribution >= 0.6 is 0 Å². The van der Waals surface area contributed by atoms with Crippen molar-refractivity contribution in [3.05, 3.63) is 0 Å². The molecule has 46 valence electrons. The third-order valence-electron chi connectivity index (χ3n) is 3.09. The minimum absolute atomic E-state index is 1.08. The molecule has 0 heteroatoms. The molecule has 0 aliphatic heterocycles. The molecule has 0 nitrogen and oxygen atoms in total. The van der Waals surface area contributed by atoms with Crippen LogP contribution in [0, 0.1) is 17.8 Å². The summed E-state index contributed by atoms with van der Waals surface area (Å²) in [5.41, 5.74) is 0. The quantitative estimate of drug-likeness (QED) is 0.449. The van der Waals surface area contributed by atoms with Crippen molar-refractivity contribution in [2.75, 3.05) is 0 Å². The molecule has 0 aromatic carbocycles. The van der Waals surface area contributed by atoms with Crippen LogP contribution in [-0.4, -0.2) is 0 Å². The molecule has 2 aliphatic carbocycles. The van der Waals surface area contributed by atoms with Gasteiger partial charge in [0.2, 0.25) is 0 Å². The molecule has 0 aromatic rings. The van der Waals surface area contributed by atoms with Crippen LogP contribution in [0.4, 0.5) is 0 Å². The van der Waals surface area contributed by atoms with Crippen molar-refractivity contribution in [3.8, 4) is 0 Å². The molecular weight excluding hydrogens is 96.1 g/mol. The van der Waals surface area contributed by atoms with Gasteiger partial charge in [0.05, 0.1) is 0 Å². The van der Waals surface area contributed by atoms with Gasteiger partial charge in [-0.05, 0) is 37.0 Å². The maximum absolute atomic E-state index is 2.42. The van der Waals surface area contributed by atoms with Crippen molar-refractivity contribution in [2.45, 2.75) is 32.6 Å². The van der Waals surface area contributed by atoms with E-state index >= 15 is 0 Å². The van der Waals surface area contributed by atoms with E-state index in [4.69, 9.17) is 0 Å². The van der Waals surface area contributed by atoms with Gasteiger partial charge in [0.1, 0.15) is 0 Å². The SMILES string of the molecule is CC1CC2CC[C@H]1C2. The lowest BCUT2D eigenvalue weighted by atomic mass is 9.91. The van der Waals surface area contributed by atoms with Gasteiger partial charge in [-0.25, -0.2) is 0 Å². The second-order valence-electron chi connectivity index (χ2n) is 3.65. The first kappa shape index (κ1) is 4.84. The van der Waals surface area contributed by atoms with Crippen LogP contribution < -0.4 is 0 Å². The summed E-state index contributed by atoms with van der Waals surface area (Å²) >= 11 is 0. The maximum Gasteiger partial charge on any atom is -0.0386 e. The van der Waals surface area contributed by atoms with Crippen LogP contribution in [0.3, 0.4) is 0 Å². The molecule has 2 aliphatic rings. The summed E-state index contributed by atoms with van der Waals surface area (Å²) in [4.78, 5) is 0. The molecule has 2 unspecified atom stereocenters. The highest BCUT2D eigenvalue weighted by Crippen LogP contribution is 2.47. The van der Waals surface area contributed by atoms with E-state index < -0.39 is 0 Å². The van der Waals surface area contributed by atoms with Crippen molar-refractivity contribution in [1.29, 1.82) is 0 Å². The van der Waals surface area contributed by atoms with Crippen molar-refractivity contribution in [3.63, 3.8) is 0 Å². The number of fused-ring (bicyclic) bond motifs is 2. The van der Waals surface area contributed by atoms with Crippen molar-refractivity contribution >= 4 is 0 Å². The standard InChI is InChI=1S/C8H14/c1-6-4-7-2-3-8(6)5-7/h6-8H,2-5H2,1H3/t6?,7?,8-/m0/s1. The third kappa shape index (κ3) is 0.519. The van der Waals surface area contributed by atoms with Gasteiger partial charge in [0, 0.05) is 0 Å². The van der Waals surface area contributed by atoms with E-state index in [1.165, 1.54) is 0 Å². The molecule has 8 heavy (non-hydrogen) atoms. The van der Waals surface area contributed by atoms with Gasteiger partial charge >= 0.3 is 0 Å². The molecule has 0 spiro atoms. The first-order valence-electron chi connectivity index (χ1n) is 3.86. The predicted octanol–water partition coefficient (Wildman–Crippen LogP) is 2.44. The second kappa shape index (κ2) is 1.49. The van der Waals surface area contributed by atoms with E-state index in [-0.39, 0.29) is 0 Å². The number of hydrogen-bond donors (Lipinski definition) is 0. The van der Waals surface area contributed by atoms with Crippen molar-refractivity contribution < 1.29 is 0 Å². The summed E-state index contributed by atoms with van der Waals surface area (Å²) in [5, 5.41) is 0. The highest BCUT2D eigenvalue weighted by molar-refractivity contribution is 4.87. The second-order valence-corrected chi connectivity index (χ2v) is 3.65. The van der Waals surface area contributed by atoms with Gasteiger partial charge in [0.25, 0.3) is 0 Å². The largest absolute Gasteiger partial charge is 0.0622 e. The predicted molar refractivity (Wildman–Crippen MR) is 34.6 cm³/mol. The molecule has 3 atom stereocenters. The summed E-state index contributed by atoms with van der Waals surface area (Å²) in [5.74, 6) is 3.36. The van der Waals surface area contributed by atoms with Gasteiger partial charge in [0.15, 0.2) is 0 Å². The van der Waals surface area contributed by atoms with Crippen LogP contribution in [-0.2, 0) is 0 Å². The molecule has 2 rings (SSSR count). The van der Waals surface area contributed by atoms with Gasteiger partial charge < -0.3 is 0 Å². The fourth-order valence-electron chi connectivity index (χ4n) is 2.56. The Kier molecular flexibility index (Phi) is 0.902. The molecule has 0 amide bonds. The Labute approximate surface area is 51.3 Å². The minimum Gasteiger partial charge on any atom is -0.0622 e. The fourth-order valence-corrected chi connectivity index (χ4v) is 2.56. The summed E-state index contributed by atoms with van der Waals surface area (Å²) in [7, 11) is 0. The van der Waals surface area contributed by atoms with Crippen molar-refractivity contribution in [1.82, 2.24) is 0 Å². The minimum atomic E-state index is 1.08. The molecule has 0 heterocycles. The highest BCUT2D eigenvalue weighted by atomic mass is 14.4. The Morgan fingerprint density at radius 2 is 2.00 bits per heavy atom. The van der Waals surface area contributed by atoms with Gasteiger partial charge in [-0.3, -0.25) is 0 Å². The molecule has 2 fully saturated rings. The molecule has 2 saturated carbocycles. The van der Waals surface area contributed by atoms with Crippen LogP contribution in [0.15, 0.2) is 0 Å². The van der Waals surface area contributed by atoms with E-state index in [0.29, 0.717) is 0 Å². The molecule has 0 radical (unpaired) electrons. The summed E-state index contributed by atoms with van der Waals surface area (Å²) in [6.45, 7) is 2.42. The molecular formula is C8H14. The molecule has 0 aromatic heterocycles. The first-order valence-corrected chi connectivity index (χ1v) is 3.86. The van der Waals surface area contributed by atoms with Crippen LogP contribution in [0.1, 0.15) is 32.6 Å². The molecule has 0 N–H and O–H groups in total. The van der Waals surface area contributed by atoms with E-state index in [9.17, 15) is 0 Å². The van der Waals surface area contributed by atoms with Gasteiger partial charge in [-0.15, -0.1) is 0 Å². The average Bonchev–Trinajstić information content (AvgIpc) is 2.23. The Morgan fingerprint density at radius 3 is 2.25 bits per heavy atom. The summed E-state index contributed by atoms with van der Waals surface area (Å²) in [6, 6.07) is 0. The Hall–Kier alpha value is 0. The van der Waals surface area contributed by atoms with Crippen LogP contribution in [0.25, 0.3) is 0 Å². The fraction of sp³-hybridized carbons (Fsp3) is 1.00. The lowest BCUT2D eigenvalue weighted by Crippen LogP contribution is -2.04. The van der Waals surface area contributed by atoms with Crippen LogP contribution in [0.5, 0.6) is 0 Å². The zero-order valence-corrected chi connectivity index (χ0v) is 5.56. The zero-order valence-electron chi connectivity index (χ0n) is 5.56. The monoisotopic (exact) mass is 110 g/mol. The van der Waals surface area contributed by atoms with Crippen molar-refractivity contribution in [2.24, 2.45) is 17.8 Å². The smallest absolute Gasteiger partial charge is 0.0386 e. The van der Waals surface area contributed by atoms with Gasteiger partial charge in [-0.1, -0.05) is 13.3 Å². The lowest BCUT2D eigenvalue weighted by molar-refractivity contribution is 0.360. The van der Waals surface area contributed by atoms with E-state index in [2.05, 4.69) is 6.92 Å². The topological polar surface area (TPSA) is 0 Å². The van der Waals surface area contributed by atoms with E-state index in [0.717, 1.165) is 17.8 Å². The molecule has 2 bridgehead atoms. The van der Waals surface area contributed by atoms with E-state index in [1.807, 2.05) is 0 Å². The van der Waals surface area contributed by atoms with E-state index in [1.54, 1.807) is 25.7 Å². The average molecular weight is 110 g/mol. The zero-order chi connectivity index (χ0) is 5.56. The van der Waals surface area contributed by atoms with Gasteiger partial charge in [-0.2, -0.15) is 0 Å². The highest BCUT2D eigenvalue weighted by Gasteiger charge is 2.36. The maximum atomic E-state index is 2.42. The Morgan fingerprint density at radius 1 is 1.12 bits per heavy atom. The molecule has 0 saturated heterocycles. The van der Waals surface area contributed by atoms with Crippen LogP contribution in [0.2, 0.25) is 0 Å². The Bertz CT molecular complexity index is 94.2. The third-order valence-corrected chi connectivity index (χ3v) is 3.09. The Balaban J connectivity index is 2.11. The number of rotatable bonds is 0. The number of hydrogen-bond acceptors (Lipinski definition) is 0. The normalized spacial score (nSPS) is 52.9.